The summed E-state index contributed by atoms with van der Waals surface area (Å²) in [5.41, 5.74) is 6.39. The smallest absolute Gasteiger partial charge is 0.0739 e. The van der Waals surface area contributed by atoms with E-state index in [-0.39, 0.29) is 5.41 Å². The van der Waals surface area contributed by atoms with Gasteiger partial charge in [-0.05, 0) is 45.3 Å². The highest BCUT2D eigenvalue weighted by Gasteiger charge is 2.48. The van der Waals surface area contributed by atoms with Crippen LogP contribution >= 0.6 is 27.3 Å². The highest BCUT2D eigenvalue weighted by molar-refractivity contribution is 9.10. The molecule has 6 rings (SSSR count). The number of benzene rings is 4. The van der Waals surface area contributed by atoms with Crippen LogP contribution in [0.1, 0.15) is 22.3 Å². The highest BCUT2D eigenvalue weighted by Crippen LogP contribution is 2.61. The van der Waals surface area contributed by atoms with Gasteiger partial charge in [0, 0.05) is 14.0 Å². The highest BCUT2D eigenvalue weighted by atomic mass is 79.9. The third kappa shape index (κ3) is 2.24. The van der Waals surface area contributed by atoms with Crippen molar-refractivity contribution in [2.24, 2.45) is 0 Å². The molecule has 0 nitrogen and oxygen atoms in total. The van der Waals surface area contributed by atoms with Crippen LogP contribution in [0.5, 0.6) is 0 Å². The van der Waals surface area contributed by atoms with E-state index in [4.69, 9.17) is 0 Å². The van der Waals surface area contributed by atoms with Crippen LogP contribution in [-0.2, 0) is 5.41 Å². The first-order chi connectivity index (χ1) is 14.3. The Morgan fingerprint density at radius 2 is 1.28 bits per heavy atom. The lowest BCUT2D eigenvalue weighted by Gasteiger charge is -2.34. The lowest BCUT2D eigenvalue weighted by molar-refractivity contribution is 0.772. The quantitative estimate of drug-likeness (QED) is 0.249. The van der Waals surface area contributed by atoms with Crippen molar-refractivity contribution in [3.63, 3.8) is 0 Å². The molecule has 1 aromatic heterocycles. The third-order valence-electron chi connectivity index (χ3n) is 6.03. The Balaban J connectivity index is 1.88. The standard InChI is InChI=1S/C27H17BrS/c28-23-16-8-7-15-22(23)27(18-10-2-1-3-11-18)21-14-6-4-12-19(21)26-25(27)20-13-5-9-17-24(20)29-26/h1-17H. The molecular formula is C27H17BrS. The topological polar surface area (TPSA) is 0 Å². The summed E-state index contributed by atoms with van der Waals surface area (Å²) in [6.07, 6.45) is 0. The molecule has 0 radical (unpaired) electrons. The van der Waals surface area contributed by atoms with E-state index >= 15 is 0 Å². The van der Waals surface area contributed by atoms with Crippen LogP contribution in [0.15, 0.2) is 108 Å². The summed E-state index contributed by atoms with van der Waals surface area (Å²) < 4.78 is 2.49. The van der Waals surface area contributed by atoms with Crippen LogP contribution in [0.2, 0.25) is 0 Å². The lowest BCUT2D eigenvalue weighted by atomic mass is 9.67. The predicted octanol–water partition coefficient (Wildman–Crippen LogP) is 8.03. The van der Waals surface area contributed by atoms with Gasteiger partial charge in [-0.3, -0.25) is 0 Å². The van der Waals surface area contributed by atoms with E-state index in [1.165, 1.54) is 42.8 Å². The number of halogens is 1. The molecule has 2 heteroatoms. The maximum atomic E-state index is 3.90. The van der Waals surface area contributed by atoms with Gasteiger partial charge in [0.25, 0.3) is 0 Å². The number of fused-ring (bicyclic) bond motifs is 5. The summed E-state index contributed by atoms with van der Waals surface area (Å²) in [7, 11) is 0. The van der Waals surface area contributed by atoms with Crippen molar-refractivity contribution in [2.75, 3.05) is 0 Å². The second kappa shape index (κ2) is 6.41. The Morgan fingerprint density at radius 3 is 2.10 bits per heavy atom. The number of hydrogen-bond donors (Lipinski definition) is 0. The SMILES string of the molecule is Brc1ccccc1C1(c2ccccc2)c2ccccc2-c2sc3ccccc3c21. The molecule has 5 aromatic rings. The molecule has 1 aliphatic rings. The second-order valence-corrected chi connectivity index (χ2v) is 9.35. The monoisotopic (exact) mass is 452 g/mol. The molecule has 0 amide bonds. The minimum atomic E-state index is -0.340. The number of hydrogen-bond acceptors (Lipinski definition) is 1. The maximum Gasteiger partial charge on any atom is 0.0739 e. The van der Waals surface area contributed by atoms with Gasteiger partial charge in [-0.2, -0.15) is 0 Å². The fourth-order valence-corrected chi connectivity index (χ4v) is 6.82. The summed E-state index contributed by atoms with van der Waals surface area (Å²) in [5.74, 6) is 0. The van der Waals surface area contributed by atoms with Gasteiger partial charge in [0.1, 0.15) is 0 Å². The van der Waals surface area contributed by atoms with Crippen LogP contribution in [0, 0.1) is 0 Å². The van der Waals surface area contributed by atoms with E-state index in [0.717, 1.165) is 4.47 Å². The van der Waals surface area contributed by atoms with Gasteiger partial charge in [-0.1, -0.05) is 107 Å². The van der Waals surface area contributed by atoms with Crippen LogP contribution in [0.4, 0.5) is 0 Å². The summed E-state index contributed by atoms with van der Waals surface area (Å²) in [5, 5.41) is 1.35. The molecule has 4 aromatic carbocycles. The summed E-state index contributed by atoms with van der Waals surface area (Å²) in [6.45, 7) is 0. The van der Waals surface area contributed by atoms with E-state index in [1.807, 2.05) is 11.3 Å². The Bertz CT molecular complexity index is 1370. The largest absolute Gasteiger partial charge is 0.135 e. The summed E-state index contributed by atoms with van der Waals surface area (Å²) >= 11 is 5.81. The molecular weight excluding hydrogens is 436 g/mol. The van der Waals surface area contributed by atoms with Gasteiger partial charge in [0.2, 0.25) is 0 Å². The second-order valence-electron chi connectivity index (χ2n) is 7.44. The van der Waals surface area contributed by atoms with Crippen LogP contribution in [-0.4, -0.2) is 0 Å². The van der Waals surface area contributed by atoms with Crippen LogP contribution < -0.4 is 0 Å². The van der Waals surface area contributed by atoms with Gasteiger partial charge in [-0.25, -0.2) is 0 Å². The molecule has 138 valence electrons. The van der Waals surface area contributed by atoms with Gasteiger partial charge in [0.05, 0.1) is 5.41 Å². The van der Waals surface area contributed by atoms with E-state index < -0.39 is 0 Å². The molecule has 1 unspecified atom stereocenters. The van der Waals surface area contributed by atoms with E-state index in [9.17, 15) is 0 Å². The molecule has 1 aliphatic carbocycles. The minimum Gasteiger partial charge on any atom is -0.135 e. The third-order valence-corrected chi connectivity index (χ3v) is 7.93. The summed E-state index contributed by atoms with van der Waals surface area (Å²) in [4.78, 5) is 1.39. The number of rotatable bonds is 2. The molecule has 29 heavy (non-hydrogen) atoms. The van der Waals surface area contributed by atoms with E-state index in [0.29, 0.717) is 0 Å². The molecule has 0 bridgehead atoms. The Morgan fingerprint density at radius 1 is 0.621 bits per heavy atom. The van der Waals surface area contributed by atoms with E-state index in [1.54, 1.807) is 0 Å². The zero-order valence-corrected chi connectivity index (χ0v) is 18.0. The van der Waals surface area contributed by atoms with Crippen molar-refractivity contribution in [1.29, 1.82) is 0 Å². The molecule has 0 N–H and O–H groups in total. The van der Waals surface area contributed by atoms with Crippen LogP contribution in [0.25, 0.3) is 20.5 Å². The van der Waals surface area contributed by atoms with Crippen molar-refractivity contribution in [3.8, 4) is 10.4 Å². The average molecular weight is 453 g/mol. The van der Waals surface area contributed by atoms with Crippen molar-refractivity contribution < 1.29 is 0 Å². The fourth-order valence-electron chi connectivity index (χ4n) is 4.94. The zero-order valence-electron chi connectivity index (χ0n) is 15.6. The van der Waals surface area contributed by atoms with Crippen molar-refractivity contribution in [2.45, 2.75) is 5.41 Å². The van der Waals surface area contributed by atoms with E-state index in [2.05, 4.69) is 119 Å². The van der Waals surface area contributed by atoms with Crippen molar-refractivity contribution in [3.05, 3.63) is 130 Å². The lowest BCUT2D eigenvalue weighted by Crippen LogP contribution is -2.29. The minimum absolute atomic E-state index is 0.340. The van der Waals surface area contributed by atoms with Gasteiger partial charge in [-0.15, -0.1) is 11.3 Å². The zero-order chi connectivity index (χ0) is 19.4. The molecule has 0 spiro atoms. The van der Waals surface area contributed by atoms with Gasteiger partial charge >= 0.3 is 0 Å². The Hall–Kier alpha value is -2.68. The molecule has 1 heterocycles. The Labute approximate surface area is 182 Å². The molecule has 0 saturated carbocycles. The molecule has 0 fully saturated rings. The normalized spacial score (nSPS) is 17.3. The average Bonchev–Trinajstić information content (AvgIpc) is 3.29. The van der Waals surface area contributed by atoms with Crippen molar-refractivity contribution >= 4 is 37.4 Å². The molecule has 1 atom stereocenters. The van der Waals surface area contributed by atoms with Crippen molar-refractivity contribution in [1.82, 2.24) is 0 Å². The molecule has 0 aliphatic heterocycles. The summed E-state index contributed by atoms with van der Waals surface area (Å²) in [6, 6.07) is 37.4. The van der Waals surface area contributed by atoms with Crippen LogP contribution in [0.3, 0.4) is 0 Å². The first kappa shape index (κ1) is 17.2. The fraction of sp³-hybridized carbons (Fsp3) is 0.0370. The van der Waals surface area contributed by atoms with Gasteiger partial charge < -0.3 is 0 Å². The first-order valence-electron chi connectivity index (χ1n) is 9.74. The first-order valence-corrected chi connectivity index (χ1v) is 11.3. The van der Waals surface area contributed by atoms with Gasteiger partial charge in [0.15, 0.2) is 0 Å². The predicted molar refractivity (Wildman–Crippen MR) is 127 cm³/mol. The maximum absolute atomic E-state index is 3.90. The number of thiophene rings is 1. The Kier molecular flexibility index (Phi) is 3.80. The molecule has 0 saturated heterocycles.